The van der Waals surface area contributed by atoms with Gasteiger partial charge in [0.2, 0.25) is 0 Å². The van der Waals surface area contributed by atoms with Crippen LogP contribution in [0, 0.1) is 0 Å². The molecule has 3 heteroatoms. The molecule has 0 spiro atoms. The Bertz CT molecular complexity index is 1260. The minimum absolute atomic E-state index is 0.707. The van der Waals surface area contributed by atoms with Crippen LogP contribution in [0.2, 0.25) is 0 Å². The van der Waals surface area contributed by atoms with E-state index >= 15 is 0 Å². The van der Waals surface area contributed by atoms with E-state index in [-0.39, 0.29) is 0 Å². The molecule has 30 heavy (non-hydrogen) atoms. The molecule has 0 atom stereocenters. The molecule has 0 aliphatic carbocycles. The summed E-state index contributed by atoms with van der Waals surface area (Å²) in [6.45, 7) is 0. The summed E-state index contributed by atoms with van der Waals surface area (Å²) < 4.78 is 1.90. The molecule has 3 nitrogen and oxygen atoms in total. The fourth-order valence-electron chi connectivity index (χ4n) is 3.47. The molecule has 0 radical (unpaired) electrons. The average Bonchev–Trinajstić information content (AvgIpc) is 3.25. The van der Waals surface area contributed by atoms with Crippen molar-refractivity contribution in [3.05, 3.63) is 132 Å². The van der Waals surface area contributed by atoms with E-state index in [1.807, 2.05) is 59.3 Å². The Morgan fingerprint density at radius 2 is 1.17 bits per heavy atom. The summed E-state index contributed by atoms with van der Waals surface area (Å²) in [6, 6.07) is 39.1. The van der Waals surface area contributed by atoms with Crippen LogP contribution in [-0.2, 0) is 0 Å². The molecule has 142 valence electrons. The van der Waals surface area contributed by atoms with Gasteiger partial charge in [-0.25, -0.2) is 0 Å². The molecule has 1 aliphatic heterocycles. The third-order valence-electron chi connectivity index (χ3n) is 4.96. The Balaban J connectivity index is 1.59. The maximum atomic E-state index is 4.88. The second-order valence-electron chi connectivity index (χ2n) is 7.04. The topological polar surface area (TPSA) is 27.7 Å². The number of rotatable bonds is 4. The normalized spacial score (nSPS) is 14.5. The SMILES string of the molecule is C(=C1\N=C(c2cccc(-c3ccccc3)c2)N=[N+]1c1ccccc1)/c1ccccc1. The number of hydrogen-bond donors (Lipinski definition) is 0. The van der Waals surface area contributed by atoms with Gasteiger partial charge in [0.25, 0.3) is 0 Å². The van der Waals surface area contributed by atoms with Crippen molar-refractivity contribution in [3.8, 4) is 11.1 Å². The average molecular weight is 386 g/mol. The summed E-state index contributed by atoms with van der Waals surface area (Å²) in [7, 11) is 0. The fourth-order valence-corrected chi connectivity index (χ4v) is 3.47. The van der Waals surface area contributed by atoms with E-state index < -0.39 is 0 Å². The lowest BCUT2D eigenvalue weighted by Gasteiger charge is -2.02. The van der Waals surface area contributed by atoms with Gasteiger partial charge in [-0.05, 0) is 51.1 Å². The highest BCUT2D eigenvalue weighted by atomic mass is 15.4. The highest BCUT2D eigenvalue weighted by Crippen LogP contribution is 2.27. The minimum Gasteiger partial charge on any atom is -0.0897 e. The molecule has 0 saturated carbocycles. The van der Waals surface area contributed by atoms with Gasteiger partial charge in [-0.3, -0.25) is 0 Å². The van der Waals surface area contributed by atoms with E-state index in [2.05, 4.69) is 66.7 Å². The van der Waals surface area contributed by atoms with Crippen LogP contribution in [0.25, 0.3) is 17.2 Å². The molecule has 0 unspecified atom stereocenters. The lowest BCUT2D eigenvalue weighted by Crippen LogP contribution is -1.98. The van der Waals surface area contributed by atoms with Crippen LogP contribution in [-0.4, -0.2) is 10.5 Å². The molecular weight excluding hydrogens is 366 g/mol. The second-order valence-corrected chi connectivity index (χ2v) is 7.04. The van der Waals surface area contributed by atoms with E-state index in [9.17, 15) is 0 Å². The van der Waals surface area contributed by atoms with Crippen LogP contribution in [0.4, 0.5) is 5.69 Å². The summed E-state index contributed by atoms with van der Waals surface area (Å²) in [4.78, 5) is 4.88. The van der Waals surface area contributed by atoms with Crippen LogP contribution < -0.4 is 0 Å². The molecule has 0 aromatic heterocycles. The Labute approximate surface area is 176 Å². The first-order chi connectivity index (χ1) is 14.9. The summed E-state index contributed by atoms with van der Waals surface area (Å²) in [6.07, 6.45) is 2.06. The number of benzene rings is 4. The third-order valence-corrected chi connectivity index (χ3v) is 4.96. The summed E-state index contributed by atoms with van der Waals surface area (Å²) in [5.41, 5.74) is 5.40. The van der Waals surface area contributed by atoms with Crippen LogP contribution in [0.5, 0.6) is 0 Å². The van der Waals surface area contributed by atoms with Crippen LogP contribution >= 0.6 is 0 Å². The quantitative estimate of drug-likeness (QED) is 0.341. The Hall–Kier alpha value is -4.11. The second kappa shape index (κ2) is 8.10. The Morgan fingerprint density at radius 1 is 0.567 bits per heavy atom. The summed E-state index contributed by atoms with van der Waals surface area (Å²) in [5, 5.41) is 4.86. The van der Waals surface area contributed by atoms with Crippen molar-refractivity contribution in [2.45, 2.75) is 0 Å². The monoisotopic (exact) mass is 386 g/mol. The van der Waals surface area contributed by atoms with Gasteiger partial charge in [-0.15, -0.1) is 0 Å². The zero-order chi connectivity index (χ0) is 20.2. The van der Waals surface area contributed by atoms with Crippen molar-refractivity contribution in [1.82, 2.24) is 0 Å². The number of amidine groups is 1. The van der Waals surface area contributed by atoms with E-state index in [4.69, 9.17) is 10.1 Å². The first-order valence-electron chi connectivity index (χ1n) is 9.95. The number of hydrogen-bond acceptors (Lipinski definition) is 2. The molecule has 0 N–H and O–H groups in total. The molecule has 0 saturated heterocycles. The molecule has 0 bridgehead atoms. The predicted molar refractivity (Wildman–Crippen MR) is 122 cm³/mol. The maximum Gasteiger partial charge on any atom is 0.352 e. The standard InChI is InChI=1S/C27H20N3/c1-4-11-21(12-5-1)19-26-28-27(29-30(26)25-17-8-3-9-18-25)24-16-10-15-23(20-24)22-13-6-2-7-14-22/h1-20H/q+1/b26-19-. The first kappa shape index (κ1) is 18.0. The number of azo groups is 2. The Kier molecular flexibility index (Phi) is 4.84. The first-order valence-corrected chi connectivity index (χ1v) is 9.95. The predicted octanol–water partition coefficient (Wildman–Crippen LogP) is 6.91. The van der Waals surface area contributed by atoms with E-state index in [0.29, 0.717) is 5.84 Å². The summed E-state index contributed by atoms with van der Waals surface area (Å²) >= 11 is 0. The van der Waals surface area contributed by atoms with E-state index in [0.717, 1.165) is 28.2 Å². The zero-order valence-electron chi connectivity index (χ0n) is 16.4. The molecule has 0 amide bonds. The minimum atomic E-state index is 0.707. The van der Waals surface area contributed by atoms with Gasteiger partial charge in [0, 0.05) is 6.08 Å². The van der Waals surface area contributed by atoms with Crippen LogP contribution in [0.15, 0.2) is 131 Å². The van der Waals surface area contributed by atoms with Crippen LogP contribution in [0.1, 0.15) is 11.1 Å². The lowest BCUT2D eigenvalue weighted by atomic mass is 10.0. The Morgan fingerprint density at radius 3 is 1.90 bits per heavy atom. The largest absolute Gasteiger partial charge is 0.352 e. The molecule has 4 aromatic rings. The van der Waals surface area contributed by atoms with Gasteiger partial charge in [-0.2, -0.15) is 0 Å². The maximum absolute atomic E-state index is 4.88. The van der Waals surface area contributed by atoms with Gasteiger partial charge in [0.1, 0.15) is 0 Å². The zero-order valence-corrected chi connectivity index (χ0v) is 16.4. The smallest absolute Gasteiger partial charge is 0.0897 e. The number of nitrogens with zero attached hydrogens (tertiary/aromatic N) is 3. The molecule has 4 aromatic carbocycles. The molecular formula is C27H20N3+. The van der Waals surface area contributed by atoms with Gasteiger partial charge < -0.3 is 0 Å². The lowest BCUT2D eigenvalue weighted by molar-refractivity contribution is -0.447. The number of aliphatic imine (C=N–C) groups is 1. The van der Waals surface area contributed by atoms with E-state index in [1.54, 1.807) is 0 Å². The van der Waals surface area contributed by atoms with Crippen molar-refractivity contribution >= 4 is 17.6 Å². The molecule has 1 aliphatic rings. The van der Waals surface area contributed by atoms with E-state index in [1.165, 1.54) is 5.56 Å². The number of para-hydroxylation sites is 1. The van der Waals surface area contributed by atoms with Crippen molar-refractivity contribution in [2.75, 3.05) is 0 Å². The fraction of sp³-hybridized carbons (Fsp3) is 0. The van der Waals surface area contributed by atoms with Crippen molar-refractivity contribution in [2.24, 2.45) is 10.1 Å². The highest BCUT2D eigenvalue weighted by Gasteiger charge is 2.28. The summed E-state index contributed by atoms with van der Waals surface area (Å²) in [5.74, 6) is 1.51. The third kappa shape index (κ3) is 3.74. The molecule has 0 fully saturated rings. The van der Waals surface area contributed by atoms with Crippen LogP contribution in [0.3, 0.4) is 0 Å². The van der Waals surface area contributed by atoms with Gasteiger partial charge in [-0.1, -0.05) is 95.7 Å². The molecule has 1 heterocycles. The van der Waals surface area contributed by atoms with Crippen molar-refractivity contribution in [3.63, 3.8) is 0 Å². The highest BCUT2D eigenvalue weighted by molar-refractivity contribution is 6.01. The van der Waals surface area contributed by atoms with Gasteiger partial charge >= 0.3 is 11.7 Å². The molecule has 5 rings (SSSR count). The van der Waals surface area contributed by atoms with Gasteiger partial charge in [0.15, 0.2) is 5.69 Å². The van der Waals surface area contributed by atoms with Gasteiger partial charge in [0.05, 0.1) is 5.56 Å². The van der Waals surface area contributed by atoms with Crippen molar-refractivity contribution < 1.29 is 4.70 Å². The van der Waals surface area contributed by atoms with Crippen molar-refractivity contribution in [1.29, 1.82) is 0 Å².